The molecule has 0 bridgehead atoms. The molecule has 1 N–H and O–H groups in total. The number of hydrogen-bond acceptors (Lipinski definition) is 2. The predicted molar refractivity (Wildman–Crippen MR) is 54.6 cm³/mol. The van der Waals surface area contributed by atoms with Crippen molar-refractivity contribution in [2.24, 2.45) is 0 Å². The maximum Gasteiger partial charge on any atom is 0.200 e. The quantitative estimate of drug-likeness (QED) is 0.507. The van der Waals surface area contributed by atoms with Gasteiger partial charge in [-0.1, -0.05) is 6.07 Å². The molecular formula is C11H5F5OS. The number of halogens is 5. The highest BCUT2D eigenvalue weighted by atomic mass is 32.1. The molecule has 1 atom stereocenters. The van der Waals surface area contributed by atoms with Gasteiger partial charge in [0.15, 0.2) is 23.3 Å². The minimum atomic E-state index is -2.24. The van der Waals surface area contributed by atoms with E-state index in [9.17, 15) is 27.1 Å². The zero-order valence-electron chi connectivity index (χ0n) is 8.55. The van der Waals surface area contributed by atoms with E-state index in [-0.39, 0.29) is 4.88 Å². The van der Waals surface area contributed by atoms with E-state index >= 15 is 0 Å². The Balaban J connectivity index is 2.65. The number of aliphatic hydroxyl groups is 1. The first-order valence-electron chi connectivity index (χ1n) is 4.68. The summed E-state index contributed by atoms with van der Waals surface area (Å²) in [5.41, 5.74) is -1.24. The Morgan fingerprint density at radius 2 is 1.39 bits per heavy atom. The maximum absolute atomic E-state index is 13.4. The van der Waals surface area contributed by atoms with E-state index in [1.54, 1.807) is 0 Å². The van der Waals surface area contributed by atoms with Gasteiger partial charge in [-0.05, 0) is 11.4 Å². The van der Waals surface area contributed by atoms with Crippen LogP contribution in [-0.2, 0) is 0 Å². The van der Waals surface area contributed by atoms with Gasteiger partial charge in [0.1, 0.15) is 6.10 Å². The topological polar surface area (TPSA) is 20.2 Å². The Labute approximate surface area is 102 Å². The van der Waals surface area contributed by atoms with Crippen LogP contribution in [0, 0.1) is 29.1 Å². The fourth-order valence-corrected chi connectivity index (χ4v) is 2.17. The summed E-state index contributed by atoms with van der Waals surface area (Å²) in [6, 6.07) is 2.81. The largest absolute Gasteiger partial charge is 0.383 e. The summed E-state index contributed by atoms with van der Waals surface area (Å²) < 4.78 is 65.4. The molecule has 1 aromatic heterocycles. The average Bonchev–Trinajstić information content (AvgIpc) is 2.88. The van der Waals surface area contributed by atoms with Crippen molar-refractivity contribution < 1.29 is 27.1 Å². The van der Waals surface area contributed by atoms with Crippen LogP contribution in [0.15, 0.2) is 17.5 Å². The molecule has 0 unspecified atom stereocenters. The lowest BCUT2D eigenvalue weighted by atomic mass is 10.1. The Morgan fingerprint density at radius 3 is 1.83 bits per heavy atom. The highest BCUT2D eigenvalue weighted by Crippen LogP contribution is 2.32. The van der Waals surface area contributed by atoms with Gasteiger partial charge in [0.2, 0.25) is 5.82 Å². The van der Waals surface area contributed by atoms with Gasteiger partial charge in [-0.15, -0.1) is 11.3 Å². The molecule has 0 aliphatic carbocycles. The average molecular weight is 280 g/mol. The third-order valence-electron chi connectivity index (χ3n) is 2.33. The number of thiophene rings is 1. The molecule has 0 saturated heterocycles. The normalized spacial score (nSPS) is 12.8. The summed E-state index contributed by atoms with van der Waals surface area (Å²) in [6.45, 7) is 0. The fraction of sp³-hybridized carbons (Fsp3) is 0.0909. The Bertz CT molecular complexity index is 553. The van der Waals surface area contributed by atoms with Gasteiger partial charge in [-0.25, -0.2) is 22.0 Å². The second kappa shape index (κ2) is 4.66. The van der Waals surface area contributed by atoms with Gasteiger partial charge in [0, 0.05) is 4.88 Å². The van der Waals surface area contributed by atoms with Crippen molar-refractivity contribution in [3.05, 3.63) is 57.0 Å². The van der Waals surface area contributed by atoms with E-state index in [2.05, 4.69) is 0 Å². The minimum absolute atomic E-state index is 0.0817. The maximum atomic E-state index is 13.4. The van der Waals surface area contributed by atoms with Crippen molar-refractivity contribution in [3.63, 3.8) is 0 Å². The SMILES string of the molecule is O[C@H](c1cccs1)c1c(F)c(F)c(F)c(F)c1F. The van der Waals surface area contributed by atoms with Gasteiger partial charge >= 0.3 is 0 Å². The highest BCUT2D eigenvalue weighted by molar-refractivity contribution is 7.10. The third-order valence-corrected chi connectivity index (χ3v) is 3.25. The van der Waals surface area contributed by atoms with Crippen LogP contribution in [0.25, 0.3) is 0 Å². The molecule has 0 fully saturated rings. The molecule has 1 nitrogen and oxygen atoms in total. The van der Waals surface area contributed by atoms with Crippen LogP contribution in [0.5, 0.6) is 0 Å². The van der Waals surface area contributed by atoms with Crippen LogP contribution in [0.2, 0.25) is 0 Å². The van der Waals surface area contributed by atoms with Crippen LogP contribution >= 0.6 is 11.3 Å². The molecule has 0 aliphatic rings. The van der Waals surface area contributed by atoms with Gasteiger partial charge in [-0.2, -0.15) is 0 Å². The van der Waals surface area contributed by atoms with Gasteiger partial charge < -0.3 is 5.11 Å². The lowest BCUT2D eigenvalue weighted by molar-refractivity contribution is 0.206. The molecule has 1 heterocycles. The smallest absolute Gasteiger partial charge is 0.200 e. The fourth-order valence-electron chi connectivity index (χ4n) is 1.45. The first-order valence-corrected chi connectivity index (χ1v) is 5.56. The molecule has 0 amide bonds. The van der Waals surface area contributed by atoms with E-state index in [0.29, 0.717) is 0 Å². The molecular weight excluding hydrogens is 275 g/mol. The highest BCUT2D eigenvalue weighted by Gasteiger charge is 2.30. The minimum Gasteiger partial charge on any atom is -0.383 e. The van der Waals surface area contributed by atoms with E-state index in [4.69, 9.17) is 0 Å². The van der Waals surface area contributed by atoms with Gasteiger partial charge in [0.05, 0.1) is 5.56 Å². The third kappa shape index (κ3) is 1.89. The molecule has 2 aromatic rings. The van der Waals surface area contributed by atoms with Gasteiger partial charge in [-0.3, -0.25) is 0 Å². The predicted octanol–water partition coefficient (Wildman–Crippen LogP) is 3.53. The summed E-state index contributed by atoms with van der Waals surface area (Å²) in [5.74, 6) is -10.4. The van der Waals surface area contributed by atoms with Crippen LogP contribution in [0.3, 0.4) is 0 Å². The van der Waals surface area contributed by atoms with Crippen LogP contribution in [0.4, 0.5) is 22.0 Å². The summed E-state index contributed by atoms with van der Waals surface area (Å²) in [6.07, 6.45) is -1.89. The van der Waals surface area contributed by atoms with E-state index in [0.717, 1.165) is 11.3 Å². The van der Waals surface area contributed by atoms with Crippen LogP contribution in [-0.4, -0.2) is 5.11 Å². The molecule has 0 saturated carbocycles. The lowest BCUT2D eigenvalue weighted by Gasteiger charge is -2.12. The zero-order valence-corrected chi connectivity index (χ0v) is 9.37. The molecule has 96 valence electrons. The second-order valence-electron chi connectivity index (χ2n) is 3.40. The molecule has 1 aromatic carbocycles. The summed E-state index contributed by atoms with van der Waals surface area (Å²) in [5, 5.41) is 11.2. The number of benzene rings is 1. The molecule has 7 heteroatoms. The second-order valence-corrected chi connectivity index (χ2v) is 4.38. The van der Waals surface area contributed by atoms with E-state index in [1.165, 1.54) is 17.5 Å². The monoisotopic (exact) mass is 280 g/mol. The van der Waals surface area contributed by atoms with Crippen molar-refractivity contribution in [2.45, 2.75) is 6.10 Å². The Hall–Kier alpha value is -1.47. The number of rotatable bonds is 2. The van der Waals surface area contributed by atoms with Crippen molar-refractivity contribution in [2.75, 3.05) is 0 Å². The lowest BCUT2D eigenvalue weighted by Crippen LogP contribution is -2.11. The van der Waals surface area contributed by atoms with E-state index in [1.807, 2.05) is 0 Å². The zero-order chi connectivity index (χ0) is 13.4. The Kier molecular flexibility index (Phi) is 3.36. The molecule has 0 aliphatic heterocycles. The standard InChI is InChI=1S/C11H5F5OS/c12-6-5(11(17)4-2-1-3-18-4)7(13)9(15)10(16)8(6)14/h1-3,11,17H/t11-/m1/s1. The summed E-state index contributed by atoms with van der Waals surface area (Å²) >= 11 is 0.937. The van der Waals surface area contributed by atoms with Crippen LogP contribution in [0.1, 0.15) is 16.5 Å². The van der Waals surface area contributed by atoms with Crippen LogP contribution < -0.4 is 0 Å². The first kappa shape index (κ1) is 13.0. The summed E-state index contributed by atoms with van der Waals surface area (Å²) in [4.78, 5) is 0.0817. The van der Waals surface area contributed by atoms with Crippen molar-refractivity contribution >= 4 is 11.3 Å². The van der Waals surface area contributed by atoms with E-state index < -0.39 is 40.8 Å². The summed E-state index contributed by atoms with van der Waals surface area (Å²) in [7, 11) is 0. The molecule has 18 heavy (non-hydrogen) atoms. The first-order chi connectivity index (χ1) is 8.45. The number of aliphatic hydroxyl groups excluding tert-OH is 1. The van der Waals surface area contributed by atoms with Crippen molar-refractivity contribution in [1.82, 2.24) is 0 Å². The molecule has 2 rings (SSSR count). The van der Waals surface area contributed by atoms with Crippen molar-refractivity contribution in [3.8, 4) is 0 Å². The number of hydrogen-bond donors (Lipinski definition) is 1. The van der Waals surface area contributed by atoms with Gasteiger partial charge in [0.25, 0.3) is 0 Å². The van der Waals surface area contributed by atoms with Crippen molar-refractivity contribution in [1.29, 1.82) is 0 Å². The molecule has 0 radical (unpaired) electrons. The molecule has 0 spiro atoms. The Morgan fingerprint density at radius 1 is 0.889 bits per heavy atom.